The third kappa shape index (κ3) is 7.50. The van der Waals surface area contributed by atoms with E-state index in [2.05, 4.69) is 20.8 Å². The molecular formula is C34H38N2O5. The third-order valence-corrected chi connectivity index (χ3v) is 7.11. The van der Waals surface area contributed by atoms with Gasteiger partial charge in [0.15, 0.2) is 5.43 Å². The maximum absolute atomic E-state index is 13.8. The molecule has 0 N–H and O–H groups in total. The van der Waals surface area contributed by atoms with Crippen LogP contribution < -0.4 is 5.43 Å². The van der Waals surface area contributed by atoms with Gasteiger partial charge in [-0.3, -0.25) is 14.4 Å². The molecule has 0 atom stereocenters. The predicted molar refractivity (Wildman–Crippen MR) is 161 cm³/mol. The quantitative estimate of drug-likeness (QED) is 0.251. The molecule has 7 heteroatoms. The predicted octanol–water partition coefficient (Wildman–Crippen LogP) is 5.72. The first kappa shape index (κ1) is 29.7. The number of carbonyl (C=O) groups excluding carboxylic acids is 2. The van der Waals surface area contributed by atoms with Crippen LogP contribution in [0, 0.1) is 6.92 Å². The van der Waals surface area contributed by atoms with Crippen LogP contribution in [0.25, 0.3) is 11.0 Å². The highest BCUT2D eigenvalue weighted by Gasteiger charge is 2.24. The van der Waals surface area contributed by atoms with E-state index in [0.717, 1.165) is 16.7 Å². The monoisotopic (exact) mass is 554 g/mol. The number of ether oxygens (including phenoxy) is 1. The molecule has 41 heavy (non-hydrogen) atoms. The van der Waals surface area contributed by atoms with E-state index in [1.165, 1.54) is 11.2 Å². The van der Waals surface area contributed by atoms with Crippen LogP contribution in [-0.4, -0.2) is 48.4 Å². The Bertz CT molecular complexity index is 1550. The first-order chi connectivity index (χ1) is 19.6. The van der Waals surface area contributed by atoms with Crippen molar-refractivity contribution >= 4 is 22.8 Å². The highest BCUT2D eigenvalue weighted by molar-refractivity contribution is 5.96. The number of benzene rings is 3. The van der Waals surface area contributed by atoms with Gasteiger partial charge < -0.3 is 19.0 Å². The van der Waals surface area contributed by atoms with Gasteiger partial charge in [-0.25, -0.2) is 0 Å². The van der Waals surface area contributed by atoms with Crippen LogP contribution in [0.2, 0.25) is 0 Å². The highest BCUT2D eigenvalue weighted by atomic mass is 16.5. The van der Waals surface area contributed by atoms with Crippen LogP contribution in [0.4, 0.5) is 0 Å². The Hall–Kier alpha value is -4.23. The number of fused-ring (bicyclic) bond motifs is 1. The van der Waals surface area contributed by atoms with E-state index in [1.807, 2.05) is 55.5 Å². The number of aryl methyl sites for hydroxylation is 1. The van der Waals surface area contributed by atoms with Crippen molar-refractivity contribution in [2.45, 2.75) is 46.2 Å². The molecule has 0 saturated carbocycles. The number of hydrogen-bond acceptors (Lipinski definition) is 5. The lowest BCUT2D eigenvalue weighted by molar-refractivity contribution is -0.133. The fourth-order valence-electron chi connectivity index (χ4n) is 4.65. The smallest absolute Gasteiger partial charge is 0.254 e. The fraction of sp³-hybridized carbons (Fsp3) is 0.324. The van der Waals surface area contributed by atoms with Gasteiger partial charge in [-0.05, 0) is 47.7 Å². The van der Waals surface area contributed by atoms with Gasteiger partial charge in [0.1, 0.15) is 12.1 Å². The first-order valence-electron chi connectivity index (χ1n) is 13.8. The van der Waals surface area contributed by atoms with Crippen molar-refractivity contribution in [3.05, 3.63) is 117 Å². The van der Waals surface area contributed by atoms with Crippen molar-refractivity contribution in [3.63, 3.8) is 0 Å². The Morgan fingerprint density at radius 2 is 1.61 bits per heavy atom. The van der Waals surface area contributed by atoms with E-state index < -0.39 is 0 Å². The van der Waals surface area contributed by atoms with E-state index in [-0.39, 0.29) is 55.4 Å². The average Bonchev–Trinajstić information content (AvgIpc) is 2.96. The van der Waals surface area contributed by atoms with E-state index in [1.54, 1.807) is 36.3 Å². The van der Waals surface area contributed by atoms with Crippen LogP contribution in [-0.2, 0) is 28.0 Å². The first-order valence-corrected chi connectivity index (χ1v) is 13.8. The molecule has 0 bridgehead atoms. The van der Waals surface area contributed by atoms with Crippen molar-refractivity contribution in [3.8, 4) is 0 Å². The molecule has 0 aliphatic carbocycles. The normalized spacial score (nSPS) is 11.4. The zero-order chi connectivity index (χ0) is 29.6. The van der Waals surface area contributed by atoms with Gasteiger partial charge in [0.2, 0.25) is 5.91 Å². The van der Waals surface area contributed by atoms with Crippen molar-refractivity contribution < 1.29 is 18.7 Å². The minimum absolute atomic E-state index is 0.0423. The van der Waals surface area contributed by atoms with E-state index in [0.29, 0.717) is 22.1 Å². The summed E-state index contributed by atoms with van der Waals surface area (Å²) < 4.78 is 11.0. The van der Waals surface area contributed by atoms with Gasteiger partial charge in [-0.2, -0.15) is 0 Å². The molecule has 4 aromatic rings. The molecule has 214 valence electrons. The van der Waals surface area contributed by atoms with Gasteiger partial charge in [-0.1, -0.05) is 74.9 Å². The molecular weight excluding hydrogens is 516 g/mol. The summed E-state index contributed by atoms with van der Waals surface area (Å²) in [6.45, 7) is 8.96. The molecule has 0 aliphatic heterocycles. The molecule has 0 unspecified atom stereocenters. The lowest BCUT2D eigenvalue weighted by Crippen LogP contribution is -2.44. The summed E-state index contributed by atoms with van der Waals surface area (Å²) >= 11 is 0. The highest BCUT2D eigenvalue weighted by Crippen LogP contribution is 2.23. The summed E-state index contributed by atoms with van der Waals surface area (Å²) in [5.74, 6) is -0.537. The second-order valence-corrected chi connectivity index (χ2v) is 11.4. The topological polar surface area (TPSA) is 80.1 Å². The van der Waals surface area contributed by atoms with E-state index >= 15 is 0 Å². The van der Waals surface area contributed by atoms with Gasteiger partial charge in [-0.15, -0.1) is 0 Å². The zero-order valence-electron chi connectivity index (χ0n) is 24.5. The molecule has 2 amide bonds. The molecule has 4 rings (SSSR count). The Morgan fingerprint density at radius 3 is 2.27 bits per heavy atom. The number of carbonyl (C=O) groups is 2. The molecule has 0 radical (unpaired) electrons. The van der Waals surface area contributed by atoms with Crippen molar-refractivity contribution in [1.29, 1.82) is 0 Å². The van der Waals surface area contributed by atoms with Crippen LogP contribution in [0.3, 0.4) is 0 Å². The summed E-state index contributed by atoms with van der Waals surface area (Å²) in [6.07, 6.45) is 1.43. The molecule has 1 heterocycles. The molecule has 0 fully saturated rings. The number of amides is 2. The SMILES string of the molecule is COCCN(CC(=O)N(Cc1ccccc1)Cc1coc2ccc(C)cc2c1=O)C(=O)c1ccc(C(C)(C)C)cc1. The lowest BCUT2D eigenvalue weighted by Gasteiger charge is -2.28. The van der Waals surface area contributed by atoms with Gasteiger partial charge >= 0.3 is 0 Å². The lowest BCUT2D eigenvalue weighted by atomic mass is 9.86. The van der Waals surface area contributed by atoms with Crippen LogP contribution in [0.5, 0.6) is 0 Å². The van der Waals surface area contributed by atoms with Crippen molar-refractivity contribution in [1.82, 2.24) is 9.80 Å². The summed E-state index contributed by atoms with van der Waals surface area (Å²) in [5, 5.41) is 0.477. The Morgan fingerprint density at radius 1 is 0.902 bits per heavy atom. The van der Waals surface area contributed by atoms with Crippen LogP contribution >= 0.6 is 0 Å². The Balaban J connectivity index is 1.62. The van der Waals surface area contributed by atoms with E-state index in [9.17, 15) is 14.4 Å². The fourth-order valence-corrected chi connectivity index (χ4v) is 4.65. The van der Waals surface area contributed by atoms with E-state index in [4.69, 9.17) is 9.15 Å². The summed E-state index contributed by atoms with van der Waals surface area (Å²) in [6, 6.07) is 22.5. The average molecular weight is 555 g/mol. The number of methoxy groups -OCH3 is 1. The van der Waals surface area contributed by atoms with Crippen molar-refractivity contribution in [2.24, 2.45) is 0 Å². The standard InChI is InChI=1S/C34H38N2O5/c1-24-11-16-30-29(19-24)32(38)27(23-41-30)21-36(20-25-9-7-6-8-10-25)31(37)22-35(17-18-40-5)33(39)26-12-14-28(15-13-26)34(2,3)4/h6-16,19,23H,17-18,20-22H2,1-5H3. The molecule has 0 saturated heterocycles. The maximum Gasteiger partial charge on any atom is 0.254 e. The third-order valence-electron chi connectivity index (χ3n) is 7.11. The van der Waals surface area contributed by atoms with Gasteiger partial charge in [0.05, 0.1) is 30.4 Å². The maximum atomic E-state index is 13.8. The molecule has 3 aromatic carbocycles. The van der Waals surface area contributed by atoms with Gasteiger partial charge in [0.25, 0.3) is 5.91 Å². The molecule has 0 aliphatic rings. The number of rotatable bonds is 10. The zero-order valence-corrected chi connectivity index (χ0v) is 24.5. The van der Waals surface area contributed by atoms with Crippen LogP contribution in [0.15, 0.2) is 88.3 Å². The number of nitrogens with zero attached hydrogens (tertiary/aromatic N) is 2. The van der Waals surface area contributed by atoms with Gasteiger partial charge in [0, 0.05) is 25.8 Å². The minimum atomic E-state index is -0.284. The second-order valence-electron chi connectivity index (χ2n) is 11.4. The van der Waals surface area contributed by atoms with Crippen molar-refractivity contribution in [2.75, 3.05) is 26.8 Å². The summed E-state index contributed by atoms with van der Waals surface area (Å²) in [7, 11) is 1.56. The summed E-state index contributed by atoms with van der Waals surface area (Å²) in [5.41, 5.74) is 4.14. The largest absolute Gasteiger partial charge is 0.464 e. The second kappa shape index (κ2) is 13.0. The Kier molecular flexibility index (Phi) is 9.40. The molecule has 0 spiro atoms. The molecule has 7 nitrogen and oxygen atoms in total. The Labute approximate surface area is 241 Å². The van der Waals surface area contributed by atoms with Crippen LogP contribution in [0.1, 0.15) is 53.4 Å². The number of hydrogen-bond donors (Lipinski definition) is 0. The molecule has 1 aromatic heterocycles. The minimum Gasteiger partial charge on any atom is -0.464 e. The summed E-state index contributed by atoms with van der Waals surface area (Å²) in [4.78, 5) is 43.9.